The molecule has 25 heavy (non-hydrogen) atoms. The average Bonchev–Trinajstić information content (AvgIpc) is 2.57. The number of anilines is 1. The molecule has 1 N–H and O–H groups in total. The number of carbonyl (C=O) groups excluding carboxylic acids is 2. The lowest BCUT2D eigenvalue weighted by Crippen LogP contribution is -2.39. The van der Waals surface area contributed by atoms with E-state index in [0.29, 0.717) is 22.3 Å². The van der Waals surface area contributed by atoms with E-state index >= 15 is 0 Å². The van der Waals surface area contributed by atoms with E-state index in [1.54, 1.807) is 25.3 Å². The number of hydrogen-bond acceptors (Lipinski definition) is 3. The Bertz CT molecular complexity index is 743. The minimum atomic E-state index is -0.290. The van der Waals surface area contributed by atoms with E-state index in [-0.39, 0.29) is 18.4 Å². The summed E-state index contributed by atoms with van der Waals surface area (Å²) >= 11 is 11.9. The van der Waals surface area contributed by atoms with Crippen molar-refractivity contribution >= 4 is 40.7 Å². The number of hydrogen-bond donors (Lipinski definition) is 1. The summed E-state index contributed by atoms with van der Waals surface area (Å²) in [7, 11) is 1.59. The summed E-state index contributed by atoms with van der Waals surface area (Å²) in [5.74, 6) is 0.177. The molecular formula is C18H18Cl2N2O3. The Labute approximate surface area is 156 Å². The number of amides is 2. The van der Waals surface area contributed by atoms with Gasteiger partial charge in [-0.1, -0.05) is 35.3 Å². The maximum absolute atomic E-state index is 12.2. The highest BCUT2D eigenvalue weighted by Crippen LogP contribution is 2.25. The largest absolute Gasteiger partial charge is 0.497 e. The minimum Gasteiger partial charge on any atom is -0.497 e. The van der Waals surface area contributed by atoms with Crippen LogP contribution in [0.3, 0.4) is 0 Å². The molecule has 0 unspecified atom stereocenters. The van der Waals surface area contributed by atoms with Crippen LogP contribution in [-0.2, 0) is 16.1 Å². The molecule has 2 aromatic carbocycles. The van der Waals surface area contributed by atoms with Crippen molar-refractivity contribution in [3.8, 4) is 5.75 Å². The molecule has 2 rings (SSSR count). The van der Waals surface area contributed by atoms with Gasteiger partial charge >= 0.3 is 0 Å². The average molecular weight is 381 g/mol. The van der Waals surface area contributed by atoms with Crippen LogP contribution in [0.2, 0.25) is 10.0 Å². The maximum atomic E-state index is 12.2. The summed E-state index contributed by atoms with van der Waals surface area (Å²) in [6, 6.07) is 12.1. The zero-order valence-corrected chi connectivity index (χ0v) is 15.4. The molecule has 0 aliphatic rings. The molecule has 5 nitrogen and oxygen atoms in total. The first-order chi connectivity index (χ1) is 11.9. The van der Waals surface area contributed by atoms with Crippen molar-refractivity contribution in [3.05, 3.63) is 58.1 Å². The maximum Gasteiger partial charge on any atom is 0.240 e. The standard InChI is InChI=1S/C18H18Cl2N2O3/c1-12(23)22(16-8-14(19)7-15(20)9-16)11-18(24)21-10-13-3-5-17(25-2)6-4-13/h3-9H,10-11H2,1-2H3,(H,21,24). The Kier molecular flexibility index (Phi) is 6.67. The molecule has 2 amide bonds. The second-order valence-electron chi connectivity index (χ2n) is 5.36. The van der Waals surface area contributed by atoms with Gasteiger partial charge in [0.25, 0.3) is 0 Å². The molecule has 0 aromatic heterocycles. The van der Waals surface area contributed by atoms with Gasteiger partial charge in [-0.2, -0.15) is 0 Å². The monoisotopic (exact) mass is 380 g/mol. The van der Waals surface area contributed by atoms with E-state index < -0.39 is 0 Å². The van der Waals surface area contributed by atoms with Crippen LogP contribution in [0.4, 0.5) is 5.69 Å². The summed E-state index contributed by atoms with van der Waals surface area (Å²) in [6.07, 6.45) is 0. The normalized spacial score (nSPS) is 10.2. The Morgan fingerprint density at radius 1 is 1.08 bits per heavy atom. The van der Waals surface area contributed by atoms with Crippen molar-refractivity contribution in [1.29, 1.82) is 0 Å². The third kappa shape index (κ3) is 5.66. The Balaban J connectivity index is 2.01. The van der Waals surface area contributed by atoms with Crippen molar-refractivity contribution < 1.29 is 14.3 Å². The van der Waals surface area contributed by atoms with Gasteiger partial charge in [0, 0.05) is 29.2 Å². The van der Waals surface area contributed by atoms with Crippen molar-refractivity contribution in [2.75, 3.05) is 18.6 Å². The molecule has 0 aliphatic carbocycles. The molecule has 0 fully saturated rings. The zero-order chi connectivity index (χ0) is 18.4. The molecule has 7 heteroatoms. The Morgan fingerprint density at radius 2 is 1.68 bits per heavy atom. The van der Waals surface area contributed by atoms with Crippen molar-refractivity contribution in [1.82, 2.24) is 5.32 Å². The van der Waals surface area contributed by atoms with Gasteiger partial charge in [-0.3, -0.25) is 9.59 Å². The van der Waals surface area contributed by atoms with Gasteiger partial charge in [0.2, 0.25) is 11.8 Å². The SMILES string of the molecule is COc1ccc(CNC(=O)CN(C(C)=O)c2cc(Cl)cc(Cl)c2)cc1. The quantitative estimate of drug-likeness (QED) is 0.831. The lowest BCUT2D eigenvalue weighted by Gasteiger charge is -2.21. The third-order valence-electron chi connectivity index (χ3n) is 3.49. The molecule has 0 radical (unpaired) electrons. The topological polar surface area (TPSA) is 58.6 Å². The number of nitrogens with zero attached hydrogens (tertiary/aromatic N) is 1. The van der Waals surface area contributed by atoms with Gasteiger partial charge in [-0.25, -0.2) is 0 Å². The van der Waals surface area contributed by atoms with Gasteiger partial charge in [0.05, 0.1) is 7.11 Å². The number of carbonyl (C=O) groups is 2. The van der Waals surface area contributed by atoms with E-state index in [1.807, 2.05) is 24.3 Å². The van der Waals surface area contributed by atoms with Gasteiger partial charge in [-0.15, -0.1) is 0 Å². The van der Waals surface area contributed by atoms with Crippen LogP contribution in [-0.4, -0.2) is 25.5 Å². The first kappa shape index (κ1) is 19.1. The van der Waals surface area contributed by atoms with Gasteiger partial charge in [0.1, 0.15) is 12.3 Å². The molecule has 2 aromatic rings. The number of benzene rings is 2. The summed E-state index contributed by atoms with van der Waals surface area (Å²) in [6.45, 7) is 1.61. The summed E-state index contributed by atoms with van der Waals surface area (Å²) in [4.78, 5) is 25.4. The first-order valence-electron chi connectivity index (χ1n) is 7.53. The fourth-order valence-corrected chi connectivity index (χ4v) is 2.74. The van der Waals surface area contributed by atoms with E-state index in [4.69, 9.17) is 27.9 Å². The highest BCUT2D eigenvalue weighted by Gasteiger charge is 2.16. The predicted molar refractivity (Wildman–Crippen MR) is 99.3 cm³/mol. The fraction of sp³-hybridized carbons (Fsp3) is 0.222. The lowest BCUT2D eigenvalue weighted by molar-refractivity contribution is -0.123. The lowest BCUT2D eigenvalue weighted by atomic mass is 10.2. The number of rotatable bonds is 6. The van der Waals surface area contributed by atoms with Crippen LogP contribution in [0.15, 0.2) is 42.5 Å². The fourth-order valence-electron chi connectivity index (χ4n) is 2.22. The van der Waals surface area contributed by atoms with Crippen molar-refractivity contribution in [2.24, 2.45) is 0 Å². The molecule has 0 saturated heterocycles. The smallest absolute Gasteiger partial charge is 0.240 e. The van der Waals surface area contributed by atoms with E-state index in [2.05, 4.69) is 5.32 Å². The van der Waals surface area contributed by atoms with Gasteiger partial charge < -0.3 is 15.0 Å². The summed E-state index contributed by atoms with van der Waals surface area (Å²) < 4.78 is 5.09. The second-order valence-corrected chi connectivity index (χ2v) is 6.23. The predicted octanol–water partition coefficient (Wildman–Crippen LogP) is 3.67. The van der Waals surface area contributed by atoms with Crippen molar-refractivity contribution in [2.45, 2.75) is 13.5 Å². The van der Waals surface area contributed by atoms with E-state index in [0.717, 1.165) is 11.3 Å². The highest BCUT2D eigenvalue weighted by molar-refractivity contribution is 6.35. The second kappa shape index (κ2) is 8.74. The summed E-state index contributed by atoms with van der Waals surface area (Å²) in [5, 5.41) is 3.57. The molecular weight excluding hydrogens is 363 g/mol. The zero-order valence-electron chi connectivity index (χ0n) is 13.9. The minimum absolute atomic E-state index is 0.123. The van der Waals surface area contributed by atoms with Crippen LogP contribution in [0.5, 0.6) is 5.75 Å². The van der Waals surface area contributed by atoms with Crippen LogP contribution < -0.4 is 15.0 Å². The molecule has 0 atom stereocenters. The third-order valence-corrected chi connectivity index (χ3v) is 3.93. The van der Waals surface area contributed by atoms with E-state index in [1.165, 1.54) is 11.8 Å². The number of ether oxygens (including phenoxy) is 1. The Hall–Kier alpha value is -2.24. The van der Waals surface area contributed by atoms with Crippen LogP contribution in [0.25, 0.3) is 0 Å². The first-order valence-corrected chi connectivity index (χ1v) is 8.28. The van der Waals surface area contributed by atoms with E-state index in [9.17, 15) is 9.59 Å². The Morgan fingerprint density at radius 3 is 2.20 bits per heavy atom. The highest BCUT2D eigenvalue weighted by atomic mass is 35.5. The van der Waals surface area contributed by atoms with Gasteiger partial charge in [0.15, 0.2) is 0 Å². The summed E-state index contributed by atoms with van der Waals surface area (Å²) in [5.41, 5.74) is 1.40. The molecule has 0 bridgehead atoms. The molecule has 0 saturated carbocycles. The molecule has 0 spiro atoms. The molecule has 0 heterocycles. The van der Waals surface area contributed by atoms with Crippen LogP contribution in [0.1, 0.15) is 12.5 Å². The molecule has 132 valence electrons. The van der Waals surface area contributed by atoms with Gasteiger partial charge in [-0.05, 0) is 35.9 Å². The van der Waals surface area contributed by atoms with Crippen LogP contribution in [0, 0.1) is 0 Å². The van der Waals surface area contributed by atoms with Crippen molar-refractivity contribution in [3.63, 3.8) is 0 Å². The van der Waals surface area contributed by atoms with Crippen LogP contribution >= 0.6 is 23.2 Å². The molecule has 0 aliphatic heterocycles. The number of halogens is 2. The number of nitrogens with one attached hydrogen (secondary N) is 1. The number of methoxy groups -OCH3 is 1.